The Hall–Kier alpha value is -2.32. The van der Waals surface area contributed by atoms with Crippen molar-refractivity contribution in [1.29, 1.82) is 0 Å². The monoisotopic (exact) mass is 310 g/mol. The largest absolute Gasteiger partial charge is 0.477 e. The minimum absolute atomic E-state index is 0.00230. The highest BCUT2D eigenvalue weighted by Gasteiger charge is 2.65. The Morgan fingerprint density at radius 1 is 1.14 bits per heavy atom. The molecule has 1 rings (SSSR count). The van der Waals surface area contributed by atoms with Gasteiger partial charge in [0.15, 0.2) is 0 Å². The third-order valence-corrected chi connectivity index (χ3v) is 2.25. The standard InChI is InChI=1S/C12H10F4O5/c1-2-20-9(17)7-3-5-8(6-4-7)21-12(15,16)11(13,14)10(18)19/h3-6H,2H2,1H3,(H,18,19). The van der Waals surface area contributed by atoms with Gasteiger partial charge in [-0.1, -0.05) is 0 Å². The van der Waals surface area contributed by atoms with Crippen LogP contribution in [0.4, 0.5) is 17.6 Å². The van der Waals surface area contributed by atoms with Crippen molar-refractivity contribution in [3.8, 4) is 5.75 Å². The van der Waals surface area contributed by atoms with Crippen LogP contribution < -0.4 is 4.74 Å². The third kappa shape index (κ3) is 3.61. The van der Waals surface area contributed by atoms with Crippen molar-refractivity contribution in [3.63, 3.8) is 0 Å². The van der Waals surface area contributed by atoms with Crippen molar-refractivity contribution in [1.82, 2.24) is 0 Å². The molecule has 5 nitrogen and oxygen atoms in total. The molecule has 0 aromatic heterocycles. The van der Waals surface area contributed by atoms with Crippen LogP contribution in [0.3, 0.4) is 0 Å². The summed E-state index contributed by atoms with van der Waals surface area (Å²) in [6.07, 6.45) is -5.25. The summed E-state index contributed by atoms with van der Waals surface area (Å²) in [5.41, 5.74) is -0.00230. The summed E-state index contributed by atoms with van der Waals surface area (Å²) in [5, 5.41) is 8.06. The Morgan fingerprint density at radius 3 is 2.10 bits per heavy atom. The van der Waals surface area contributed by atoms with Gasteiger partial charge in [0.2, 0.25) is 0 Å². The van der Waals surface area contributed by atoms with Gasteiger partial charge in [0, 0.05) is 0 Å². The number of halogens is 4. The van der Waals surface area contributed by atoms with E-state index >= 15 is 0 Å². The lowest BCUT2D eigenvalue weighted by atomic mass is 10.2. The van der Waals surface area contributed by atoms with Gasteiger partial charge in [-0.2, -0.15) is 17.6 Å². The normalized spacial score (nSPS) is 11.9. The molecule has 21 heavy (non-hydrogen) atoms. The van der Waals surface area contributed by atoms with Crippen LogP contribution in [-0.4, -0.2) is 35.7 Å². The molecule has 1 N–H and O–H groups in total. The Labute approximate surface area is 116 Å². The van der Waals surface area contributed by atoms with Crippen LogP contribution >= 0.6 is 0 Å². The van der Waals surface area contributed by atoms with Crippen molar-refractivity contribution < 1.29 is 41.7 Å². The number of benzene rings is 1. The van der Waals surface area contributed by atoms with Gasteiger partial charge in [-0.25, -0.2) is 9.59 Å². The maximum atomic E-state index is 13.1. The van der Waals surface area contributed by atoms with Gasteiger partial charge < -0.3 is 14.6 Å². The predicted molar refractivity (Wildman–Crippen MR) is 60.6 cm³/mol. The van der Waals surface area contributed by atoms with Gasteiger partial charge in [0.1, 0.15) is 5.75 Å². The number of aliphatic carboxylic acids is 1. The molecule has 0 fully saturated rings. The number of carbonyl (C=O) groups is 2. The van der Waals surface area contributed by atoms with E-state index < -0.39 is 29.7 Å². The van der Waals surface area contributed by atoms with Crippen molar-refractivity contribution in [2.24, 2.45) is 0 Å². The quantitative estimate of drug-likeness (QED) is 0.646. The van der Waals surface area contributed by atoms with Crippen LogP contribution in [0.5, 0.6) is 5.75 Å². The molecule has 0 atom stereocenters. The summed E-state index contributed by atoms with van der Waals surface area (Å²) >= 11 is 0. The van der Waals surface area contributed by atoms with E-state index in [1.54, 1.807) is 6.92 Å². The lowest BCUT2D eigenvalue weighted by molar-refractivity contribution is -0.301. The number of carbonyl (C=O) groups excluding carboxylic acids is 1. The molecule has 0 saturated carbocycles. The first kappa shape index (κ1) is 16.7. The number of esters is 1. The molecule has 0 saturated heterocycles. The highest BCUT2D eigenvalue weighted by molar-refractivity contribution is 5.89. The molecule has 0 aliphatic rings. The van der Waals surface area contributed by atoms with Crippen LogP contribution in [0.15, 0.2) is 24.3 Å². The summed E-state index contributed by atoms with van der Waals surface area (Å²) in [7, 11) is 0. The molecule has 0 aliphatic carbocycles. The number of hydrogen-bond donors (Lipinski definition) is 1. The molecular formula is C12H10F4O5. The molecule has 0 amide bonds. The Kier molecular flexibility index (Phi) is 4.77. The molecule has 0 heterocycles. The lowest BCUT2D eigenvalue weighted by Crippen LogP contribution is -2.50. The topological polar surface area (TPSA) is 72.8 Å². The Morgan fingerprint density at radius 2 is 1.67 bits per heavy atom. The summed E-state index contributed by atoms with van der Waals surface area (Å²) in [6.45, 7) is 1.66. The fourth-order valence-corrected chi connectivity index (χ4v) is 1.21. The van der Waals surface area contributed by atoms with Gasteiger partial charge in [-0.3, -0.25) is 0 Å². The van der Waals surface area contributed by atoms with E-state index in [1.807, 2.05) is 0 Å². The number of carboxylic acid groups (broad SMARTS) is 1. The second kappa shape index (κ2) is 5.98. The third-order valence-electron chi connectivity index (χ3n) is 2.25. The predicted octanol–water partition coefficient (Wildman–Crippen LogP) is 2.55. The van der Waals surface area contributed by atoms with E-state index in [-0.39, 0.29) is 12.2 Å². The van der Waals surface area contributed by atoms with E-state index in [4.69, 9.17) is 5.11 Å². The van der Waals surface area contributed by atoms with Crippen molar-refractivity contribution in [2.75, 3.05) is 6.61 Å². The van der Waals surface area contributed by atoms with Crippen LogP contribution in [0.25, 0.3) is 0 Å². The first-order chi connectivity index (χ1) is 9.61. The fourth-order valence-electron chi connectivity index (χ4n) is 1.21. The molecule has 116 valence electrons. The van der Waals surface area contributed by atoms with Gasteiger partial charge in [0.25, 0.3) is 0 Å². The highest BCUT2D eigenvalue weighted by Crippen LogP contribution is 2.36. The molecule has 0 aliphatic heterocycles. The molecule has 0 radical (unpaired) electrons. The first-order valence-electron chi connectivity index (χ1n) is 5.57. The Balaban J connectivity index is 2.89. The van der Waals surface area contributed by atoms with Crippen molar-refractivity contribution in [3.05, 3.63) is 29.8 Å². The van der Waals surface area contributed by atoms with Crippen molar-refractivity contribution in [2.45, 2.75) is 19.0 Å². The van der Waals surface area contributed by atoms with Crippen molar-refractivity contribution >= 4 is 11.9 Å². The van der Waals surface area contributed by atoms with E-state index in [0.717, 1.165) is 24.3 Å². The molecule has 1 aromatic rings. The number of hydrogen-bond acceptors (Lipinski definition) is 4. The zero-order valence-corrected chi connectivity index (χ0v) is 10.6. The summed E-state index contributed by atoms with van der Waals surface area (Å²) in [4.78, 5) is 21.4. The zero-order valence-electron chi connectivity index (χ0n) is 10.6. The molecular weight excluding hydrogens is 300 g/mol. The average molecular weight is 310 g/mol. The van der Waals surface area contributed by atoms with E-state index in [1.165, 1.54) is 0 Å². The average Bonchev–Trinajstić information content (AvgIpc) is 2.39. The number of ether oxygens (including phenoxy) is 2. The summed E-state index contributed by atoms with van der Waals surface area (Å²) in [5.74, 6) is -9.87. The van der Waals surface area contributed by atoms with Crippen LogP contribution in [0, 0.1) is 0 Å². The van der Waals surface area contributed by atoms with Gasteiger partial charge in [-0.15, -0.1) is 0 Å². The maximum absolute atomic E-state index is 13.1. The second-order valence-corrected chi connectivity index (χ2v) is 3.74. The number of rotatable bonds is 6. The van der Waals surface area contributed by atoms with Crippen LogP contribution in [0.1, 0.15) is 17.3 Å². The van der Waals surface area contributed by atoms with Gasteiger partial charge in [0.05, 0.1) is 12.2 Å². The first-order valence-corrected chi connectivity index (χ1v) is 5.57. The van der Waals surface area contributed by atoms with E-state index in [2.05, 4.69) is 9.47 Å². The molecule has 0 spiro atoms. The number of carboxylic acids is 1. The summed E-state index contributed by atoms with van der Waals surface area (Å²) in [6, 6.07) is 3.67. The highest BCUT2D eigenvalue weighted by atomic mass is 19.3. The second-order valence-electron chi connectivity index (χ2n) is 3.74. The van der Waals surface area contributed by atoms with Crippen LogP contribution in [0.2, 0.25) is 0 Å². The van der Waals surface area contributed by atoms with E-state index in [9.17, 15) is 27.2 Å². The maximum Gasteiger partial charge on any atom is 0.476 e. The lowest BCUT2D eigenvalue weighted by Gasteiger charge is -2.23. The van der Waals surface area contributed by atoms with E-state index in [0.29, 0.717) is 0 Å². The summed E-state index contributed by atoms with van der Waals surface area (Å²) < 4.78 is 60.0. The fraction of sp³-hybridized carbons (Fsp3) is 0.333. The van der Waals surface area contributed by atoms with Crippen LogP contribution in [-0.2, 0) is 9.53 Å². The zero-order chi connectivity index (χ0) is 16.3. The molecule has 9 heteroatoms. The Bertz CT molecular complexity index is 527. The molecule has 0 unspecified atom stereocenters. The minimum Gasteiger partial charge on any atom is -0.477 e. The SMILES string of the molecule is CCOC(=O)c1ccc(OC(F)(F)C(F)(F)C(=O)O)cc1. The minimum atomic E-state index is -5.40. The van der Waals surface area contributed by atoms with Gasteiger partial charge in [-0.05, 0) is 31.2 Å². The smallest absolute Gasteiger partial charge is 0.476 e. The van der Waals surface area contributed by atoms with Gasteiger partial charge >= 0.3 is 24.0 Å². The molecule has 0 bridgehead atoms. The molecule has 1 aromatic carbocycles. The number of alkyl halides is 4.